The monoisotopic (exact) mass is 428 g/mol. The van der Waals surface area contributed by atoms with Gasteiger partial charge < -0.3 is 19.7 Å². The molecule has 2 aromatic carbocycles. The average molecular weight is 429 g/mol. The Morgan fingerprint density at radius 2 is 1.77 bits per heavy atom. The Morgan fingerprint density at radius 3 is 2.30 bits per heavy atom. The quantitative estimate of drug-likeness (QED) is 0.596. The number of pyridine rings is 1. The van der Waals surface area contributed by atoms with Crippen LogP contribution in [0.1, 0.15) is 32.5 Å². The fourth-order valence-electron chi connectivity index (χ4n) is 3.72. The number of aromatic nitrogens is 1. The van der Waals surface area contributed by atoms with E-state index in [1.807, 2.05) is 45.0 Å². The summed E-state index contributed by atoms with van der Waals surface area (Å²) < 4.78 is 6.80. The van der Waals surface area contributed by atoms with E-state index in [1.54, 1.807) is 32.4 Å². The van der Waals surface area contributed by atoms with Gasteiger partial charge in [-0.1, -0.05) is 44.5 Å². The number of halogens is 1. The number of benzene rings is 2. The van der Waals surface area contributed by atoms with Crippen LogP contribution in [-0.4, -0.2) is 22.9 Å². The van der Waals surface area contributed by atoms with Crippen LogP contribution in [0.2, 0.25) is 5.02 Å². The van der Waals surface area contributed by atoms with Gasteiger partial charge in [-0.2, -0.15) is 0 Å². The lowest BCUT2D eigenvalue weighted by molar-refractivity contribution is 0.173. The van der Waals surface area contributed by atoms with E-state index in [-0.39, 0.29) is 5.56 Å². The van der Waals surface area contributed by atoms with Crippen LogP contribution >= 0.6 is 11.6 Å². The van der Waals surface area contributed by atoms with Crippen LogP contribution in [0.3, 0.4) is 0 Å². The zero-order valence-electron chi connectivity index (χ0n) is 17.6. The van der Waals surface area contributed by atoms with Gasteiger partial charge in [0, 0.05) is 23.0 Å². The zero-order chi connectivity index (χ0) is 22.2. The molecule has 1 unspecified atom stereocenters. The molecule has 3 rings (SSSR count). The summed E-state index contributed by atoms with van der Waals surface area (Å²) in [5.74, 6) is 0.698. The number of nitrogens with zero attached hydrogens (tertiary/aromatic N) is 1. The van der Waals surface area contributed by atoms with E-state index in [2.05, 4.69) is 5.32 Å². The molecule has 1 atom stereocenters. The van der Waals surface area contributed by atoms with Crippen molar-refractivity contribution in [3.63, 3.8) is 0 Å². The molecule has 0 bridgehead atoms. The van der Waals surface area contributed by atoms with Gasteiger partial charge in [0.15, 0.2) is 0 Å². The fourth-order valence-corrected chi connectivity index (χ4v) is 3.90. The van der Waals surface area contributed by atoms with E-state index in [0.717, 1.165) is 11.1 Å². The molecule has 1 amide bonds. The minimum atomic E-state index is -1.16. The summed E-state index contributed by atoms with van der Waals surface area (Å²) in [6.07, 6.45) is -1.16. The van der Waals surface area contributed by atoms with Crippen LogP contribution in [0.15, 0.2) is 47.3 Å². The van der Waals surface area contributed by atoms with Crippen LogP contribution in [-0.2, 0) is 7.05 Å². The molecule has 3 aromatic rings. The summed E-state index contributed by atoms with van der Waals surface area (Å²) in [4.78, 5) is 24.8. The Morgan fingerprint density at radius 1 is 1.13 bits per heavy atom. The summed E-state index contributed by atoms with van der Waals surface area (Å²) in [5, 5.41) is 13.8. The molecule has 1 heterocycles. The normalized spacial score (nSPS) is 12.6. The van der Waals surface area contributed by atoms with Gasteiger partial charge in [0.25, 0.3) is 5.56 Å². The fraction of sp³-hybridized carbons (Fsp3) is 0.304. The Kier molecular flexibility index (Phi) is 5.81. The van der Waals surface area contributed by atoms with Gasteiger partial charge in [-0.15, -0.1) is 0 Å². The highest BCUT2D eigenvalue weighted by molar-refractivity contribution is 6.31. The van der Waals surface area contributed by atoms with E-state index in [4.69, 9.17) is 16.3 Å². The second-order valence-electron chi connectivity index (χ2n) is 8.29. The van der Waals surface area contributed by atoms with Gasteiger partial charge in [0.05, 0.1) is 18.8 Å². The Labute approximate surface area is 180 Å². The van der Waals surface area contributed by atoms with Crippen LogP contribution in [0.25, 0.3) is 21.9 Å². The second kappa shape index (κ2) is 8.03. The van der Waals surface area contributed by atoms with Crippen LogP contribution in [0.4, 0.5) is 4.79 Å². The van der Waals surface area contributed by atoms with Crippen LogP contribution < -0.4 is 15.6 Å². The van der Waals surface area contributed by atoms with Gasteiger partial charge in [0.1, 0.15) is 5.75 Å². The lowest BCUT2D eigenvalue weighted by Crippen LogP contribution is -2.39. The van der Waals surface area contributed by atoms with E-state index < -0.39 is 17.6 Å². The molecular weight excluding hydrogens is 404 g/mol. The summed E-state index contributed by atoms with van der Waals surface area (Å²) >= 11 is 6.29. The number of rotatable bonds is 4. The Bertz CT molecular complexity index is 1160. The standard InChI is InChI=1S/C23H25ClN2O4/c1-23(2,3)20(25-22(28)29)19-18(13-6-9-15(30-5)10-7-13)17-12-14(24)8-11-16(17)21(27)26(19)4/h6-12,20,25H,1-5H3,(H,28,29). The maximum absolute atomic E-state index is 13.2. The highest BCUT2D eigenvalue weighted by Gasteiger charge is 2.33. The summed E-state index contributed by atoms with van der Waals surface area (Å²) in [5.41, 5.74) is 1.45. The maximum atomic E-state index is 13.2. The first-order valence-corrected chi connectivity index (χ1v) is 9.88. The van der Waals surface area contributed by atoms with Crippen molar-refractivity contribution in [2.45, 2.75) is 26.8 Å². The maximum Gasteiger partial charge on any atom is 0.405 e. The highest BCUT2D eigenvalue weighted by Crippen LogP contribution is 2.41. The summed E-state index contributed by atoms with van der Waals surface area (Å²) in [7, 11) is 3.26. The molecule has 0 aliphatic heterocycles. The predicted molar refractivity (Wildman–Crippen MR) is 120 cm³/mol. The lowest BCUT2D eigenvalue weighted by Gasteiger charge is -2.34. The second-order valence-corrected chi connectivity index (χ2v) is 8.73. The number of carbonyl (C=O) groups is 1. The van der Waals surface area contributed by atoms with Crippen molar-refractivity contribution in [1.29, 1.82) is 0 Å². The van der Waals surface area contributed by atoms with Gasteiger partial charge in [0.2, 0.25) is 0 Å². The van der Waals surface area contributed by atoms with Gasteiger partial charge in [-0.25, -0.2) is 4.79 Å². The van der Waals surface area contributed by atoms with E-state index in [0.29, 0.717) is 27.2 Å². The van der Waals surface area contributed by atoms with Crippen molar-refractivity contribution in [2.24, 2.45) is 12.5 Å². The average Bonchev–Trinajstić information content (AvgIpc) is 2.68. The topological polar surface area (TPSA) is 80.6 Å². The number of hydrogen-bond donors (Lipinski definition) is 2. The number of fused-ring (bicyclic) bond motifs is 1. The molecule has 6 nitrogen and oxygen atoms in total. The van der Waals surface area contributed by atoms with Crippen LogP contribution in [0.5, 0.6) is 5.75 Å². The first-order chi connectivity index (χ1) is 14.0. The third-order valence-corrected chi connectivity index (χ3v) is 5.42. The lowest BCUT2D eigenvalue weighted by atomic mass is 9.81. The molecule has 30 heavy (non-hydrogen) atoms. The smallest absolute Gasteiger partial charge is 0.405 e. The van der Waals surface area contributed by atoms with Crippen molar-refractivity contribution >= 4 is 28.5 Å². The minimum absolute atomic E-state index is 0.213. The van der Waals surface area contributed by atoms with Gasteiger partial charge >= 0.3 is 6.09 Å². The third-order valence-electron chi connectivity index (χ3n) is 5.19. The van der Waals surface area contributed by atoms with Crippen molar-refractivity contribution in [3.8, 4) is 16.9 Å². The summed E-state index contributed by atoms with van der Waals surface area (Å²) in [6, 6.07) is 11.9. The largest absolute Gasteiger partial charge is 0.497 e. The van der Waals surface area contributed by atoms with E-state index in [1.165, 1.54) is 4.57 Å². The molecule has 1 aromatic heterocycles. The number of ether oxygens (including phenoxy) is 1. The van der Waals surface area contributed by atoms with Crippen molar-refractivity contribution < 1.29 is 14.6 Å². The van der Waals surface area contributed by atoms with Crippen molar-refractivity contribution in [3.05, 3.63) is 63.5 Å². The molecule has 0 aliphatic rings. The first kappa shape index (κ1) is 21.7. The van der Waals surface area contributed by atoms with Crippen molar-refractivity contribution in [2.75, 3.05) is 7.11 Å². The Hall–Kier alpha value is -2.99. The number of nitrogens with one attached hydrogen (secondary N) is 1. The molecule has 0 saturated carbocycles. The molecule has 0 radical (unpaired) electrons. The third kappa shape index (κ3) is 4.00. The van der Waals surface area contributed by atoms with Gasteiger partial charge in [-0.3, -0.25) is 4.79 Å². The Balaban J connectivity index is 2.49. The molecule has 7 heteroatoms. The molecule has 0 fully saturated rings. The molecule has 0 spiro atoms. The van der Waals surface area contributed by atoms with E-state index >= 15 is 0 Å². The van der Waals surface area contributed by atoms with Crippen LogP contribution in [0, 0.1) is 5.41 Å². The highest BCUT2D eigenvalue weighted by atomic mass is 35.5. The molecular formula is C23H25ClN2O4. The number of methoxy groups -OCH3 is 1. The number of carboxylic acid groups (broad SMARTS) is 1. The number of hydrogen-bond acceptors (Lipinski definition) is 3. The molecule has 0 aliphatic carbocycles. The van der Waals surface area contributed by atoms with Gasteiger partial charge in [-0.05, 0) is 46.7 Å². The number of amides is 1. The SMILES string of the molecule is COc1ccc(-c2c(C(NC(=O)O)C(C)(C)C)n(C)c(=O)c3ccc(Cl)cc23)cc1. The minimum Gasteiger partial charge on any atom is -0.497 e. The predicted octanol–water partition coefficient (Wildman–Crippen LogP) is 5.22. The zero-order valence-corrected chi connectivity index (χ0v) is 18.4. The van der Waals surface area contributed by atoms with Crippen molar-refractivity contribution in [1.82, 2.24) is 9.88 Å². The molecule has 2 N–H and O–H groups in total. The first-order valence-electron chi connectivity index (χ1n) is 9.50. The van der Waals surface area contributed by atoms with E-state index in [9.17, 15) is 14.7 Å². The molecule has 0 saturated heterocycles. The summed E-state index contributed by atoms with van der Waals surface area (Å²) in [6.45, 7) is 5.79. The molecule has 158 valence electrons.